The molecule has 10 heteroatoms. The van der Waals surface area contributed by atoms with Crippen molar-refractivity contribution in [1.29, 1.82) is 5.26 Å². The molecular formula is C23H25FN6O3. The fourth-order valence-corrected chi connectivity index (χ4v) is 3.36. The van der Waals surface area contributed by atoms with Crippen LogP contribution in [-0.4, -0.2) is 63.6 Å². The minimum Gasteiger partial charge on any atom is -0.387 e. The van der Waals surface area contributed by atoms with Gasteiger partial charge in [-0.2, -0.15) is 5.26 Å². The fraction of sp³-hybridized carbons (Fsp3) is 0.391. The number of aliphatic hydroxyl groups is 1. The van der Waals surface area contributed by atoms with Gasteiger partial charge < -0.3 is 20.5 Å². The number of hydrogen-bond acceptors (Lipinski definition) is 7. The second kappa shape index (κ2) is 9.13. The van der Waals surface area contributed by atoms with E-state index in [1.165, 1.54) is 26.2 Å². The Kier molecular flexibility index (Phi) is 6.26. The first-order valence-corrected chi connectivity index (χ1v) is 10.6. The molecule has 0 saturated carbocycles. The molecule has 1 fully saturated rings. The van der Waals surface area contributed by atoms with Crippen molar-refractivity contribution >= 4 is 22.6 Å². The van der Waals surface area contributed by atoms with E-state index in [-0.39, 0.29) is 12.1 Å². The van der Waals surface area contributed by atoms with Gasteiger partial charge in [0.2, 0.25) is 0 Å². The van der Waals surface area contributed by atoms with Gasteiger partial charge in [0.05, 0.1) is 42.2 Å². The van der Waals surface area contributed by atoms with Crippen LogP contribution in [0.5, 0.6) is 0 Å². The normalized spacial score (nSPS) is 15.0. The van der Waals surface area contributed by atoms with Gasteiger partial charge in [-0.15, -0.1) is 0 Å². The zero-order chi connectivity index (χ0) is 23.6. The minimum absolute atomic E-state index is 0.262. The van der Waals surface area contributed by atoms with Crippen LogP contribution in [0, 0.1) is 17.2 Å². The number of nitrogens with zero attached hydrogens (tertiary/aromatic N) is 4. The van der Waals surface area contributed by atoms with Crippen LogP contribution in [0.4, 0.5) is 10.1 Å². The number of carbonyl (C=O) groups excluding carboxylic acids is 1. The highest BCUT2D eigenvalue weighted by Crippen LogP contribution is 2.24. The van der Waals surface area contributed by atoms with Crippen LogP contribution in [0.3, 0.4) is 0 Å². The van der Waals surface area contributed by atoms with Gasteiger partial charge in [-0.1, -0.05) is 0 Å². The van der Waals surface area contributed by atoms with Gasteiger partial charge in [-0.05, 0) is 26.0 Å². The number of alkyl halides is 1. The van der Waals surface area contributed by atoms with Crippen molar-refractivity contribution in [3.8, 4) is 11.9 Å². The Bertz CT molecular complexity index is 1210. The summed E-state index contributed by atoms with van der Waals surface area (Å²) in [5, 5.41) is 25.5. The van der Waals surface area contributed by atoms with Gasteiger partial charge in [0.1, 0.15) is 23.7 Å². The van der Waals surface area contributed by atoms with E-state index in [1.807, 2.05) is 6.07 Å². The molecule has 0 radical (unpaired) electrons. The van der Waals surface area contributed by atoms with Crippen molar-refractivity contribution in [1.82, 2.24) is 19.9 Å². The summed E-state index contributed by atoms with van der Waals surface area (Å²) in [4.78, 5) is 21.6. The molecule has 0 bridgehead atoms. The van der Waals surface area contributed by atoms with Crippen molar-refractivity contribution in [3.63, 3.8) is 0 Å². The monoisotopic (exact) mass is 452 g/mol. The molecule has 172 valence electrons. The van der Waals surface area contributed by atoms with Crippen molar-refractivity contribution in [2.75, 3.05) is 31.6 Å². The summed E-state index contributed by atoms with van der Waals surface area (Å²) in [5.41, 5.74) is 0.330. The Hall–Kier alpha value is -3.55. The molecule has 3 aromatic rings. The highest BCUT2D eigenvalue weighted by Gasteiger charge is 2.27. The molecule has 1 amide bonds. The van der Waals surface area contributed by atoms with Crippen LogP contribution in [0.1, 0.15) is 29.8 Å². The van der Waals surface area contributed by atoms with Crippen LogP contribution < -0.4 is 10.6 Å². The van der Waals surface area contributed by atoms with Gasteiger partial charge in [-0.25, -0.2) is 14.4 Å². The predicted octanol–water partition coefficient (Wildman–Crippen LogP) is 2.19. The number of aromatic nitrogens is 3. The van der Waals surface area contributed by atoms with Crippen molar-refractivity contribution < 1.29 is 19.0 Å². The highest BCUT2D eigenvalue weighted by atomic mass is 19.1. The second-order valence-corrected chi connectivity index (χ2v) is 8.64. The first kappa shape index (κ1) is 22.6. The van der Waals surface area contributed by atoms with Crippen LogP contribution in [0.2, 0.25) is 0 Å². The SMILES string of the molecule is CC(C)(O)C(F)CNC(=O)c1cnc(-n2ccc3cc(C#N)cnc32)cc1NCC1COC1. The summed E-state index contributed by atoms with van der Waals surface area (Å²) >= 11 is 0. The quantitative estimate of drug-likeness (QED) is 0.478. The first-order chi connectivity index (χ1) is 15.8. The number of carbonyl (C=O) groups is 1. The van der Waals surface area contributed by atoms with Crippen LogP contribution in [0.25, 0.3) is 16.9 Å². The molecule has 3 N–H and O–H groups in total. The molecule has 1 aliphatic rings. The predicted molar refractivity (Wildman–Crippen MR) is 120 cm³/mol. The third kappa shape index (κ3) is 4.94. The molecule has 1 saturated heterocycles. The Morgan fingerprint density at radius 2 is 2.18 bits per heavy atom. The zero-order valence-corrected chi connectivity index (χ0v) is 18.4. The maximum Gasteiger partial charge on any atom is 0.255 e. The van der Waals surface area contributed by atoms with E-state index in [1.54, 1.807) is 22.9 Å². The summed E-state index contributed by atoms with van der Waals surface area (Å²) in [7, 11) is 0. The van der Waals surface area contributed by atoms with E-state index in [0.717, 1.165) is 5.39 Å². The number of rotatable bonds is 8. The summed E-state index contributed by atoms with van der Waals surface area (Å²) in [6, 6.07) is 7.38. The lowest BCUT2D eigenvalue weighted by molar-refractivity contribution is -0.0248. The summed E-state index contributed by atoms with van der Waals surface area (Å²) in [5.74, 6) is 0.370. The van der Waals surface area contributed by atoms with Crippen molar-refractivity contribution in [2.24, 2.45) is 5.92 Å². The maximum atomic E-state index is 14.1. The van der Waals surface area contributed by atoms with Crippen molar-refractivity contribution in [2.45, 2.75) is 25.6 Å². The zero-order valence-electron chi connectivity index (χ0n) is 18.4. The number of halogens is 1. The molecule has 1 aliphatic heterocycles. The van der Waals surface area contributed by atoms with Crippen LogP contribution in [0.15, 0.2) is 36.8 Å². The smallest absolute Gasteiger partial charge is 0.255 e. The lowest BCUT2D eigenvalue weighted by Crippen LogP contribution is -2.42. The standard InChI is InChI=1S/C23H25FN6O3/c1-23(2,32)19(24)11-29-22(31)17-10-27-20(6-18(17)26-9-15-12-33-13-15)30-4-3-16-5-14(7-25)8-28-21(16)30/h3-6,8,10,15,19,32H,9,11-13H2,1-2H3,(H,26,27)(H,29,31). The van der Waals surface area contributed by atoms with E-state index < -0.39 is 17.7 Å². The third-order valence-electron chi connectivity index (χ3n) is 5.53. The Labute approximate surface area is 190 Å². The van der Waals surface area contributed by atoms with Gasteiger partial charge >= 0.3 is 0 Å². The Balaban J connectivity index is 1.62. The molecule has 0 spiro atoms. The molecule has 1 atom stereocenters. The minimum atomic E-state index is -1.62. The molecule has 33 heavy (non-hydrogen) atoms. The Morgan fingerprint density at radius 1 is 1.39 bits per heavy atom. The number of fused-ring (bicyclic) bond motifs is 1. The topological polar surface area (TPSA) is 125 Å². The van der Waals surface area contributed by atoms with E-state index >= 15 is 0 Å². The van der Waals surface area contributed by atoms with E-state index in [0.29, 0.717) is 48.4 Å². The van der Waals surface area contributed by atoms with Gasteiger partial charge in [0.15, 0.2) is 0 Å². The molecule has 9 nitrogen and oxygen atoms in total. The Morgan fingerprint density at radius 3 is 2.85 bits per heavy atom. The number of anilines is 1. The fourth-order valence-electron chi connectivity index (χ4n) is 3.36. The number of nitriles is 1. The van der Waals surface area contributed by atoms with Crippen LogP contribution >= 0.6 is 0 Å². The van der Waals surface area contributed by atoms with Crippen LogP contribution in [-0.2, 0) is 4.74 Å². The lowest BCUT2D eigenvalue weighted by atomic mass is 10.0. The molecule has 3 aromatic heterocycles. The molecule has 0 aromatic carbocycles. The first-order valence-electron chi connectivity index (χ1n) is 10.6. The van der Waals surface area contributed by atoms with Gasteiger partial charge in [0, 0.05) is 42.5 Å². The summed E-state index contributed by atoms with van der Waals surface area (Å²) in [6.45, 7) is 4.28. The number of hydrogen-bond donors (Lipinski definition) is 3. The number of amides is 1. The van der Waals surface area contributed by atoms with E-state index in [4.69, 9.17) is 10.00 Å². The highest BCUT2D eigenvalue weighted by molar-refractivity contribution is 5.99. The second-order valence-electron chi connectivity index (χ2n) is 8.64. The molecule has 4 heterocycles. The summed E-state index contributed by atoms with van der Waals surface area (Å²) < 4.78 is 21.1. The van der Waals surface area contributed by atoms with Gasteiger partial charge in [-0.3, -0.25) is 9.36 Å². The van der Waals surface area contributed by atoms with E-state index in [9.17, 15) is 14.3 Å². The summed E-state index contributed by atoms with van der Waals surface area (Å²) in [6.07, 6.45) is 3.10. The van der Waals surface area contributed by atoms with E-state index in [2.05, 4.69) is 26.7 Å². The number of pyridine rings is 2. The third-order valence-corrected chi connectivity index (χ3v) is 5.53. The largest absolute Gasteiger partial charge is 0.387 e. The average molecular weight is 452 g/mol. The maximum absolute atomic E-state index is 14.1. The number of nitrogens with one attached hydrogen (secondary N) is 2. The average Bonchev–Trinajstić information content (AvgIpc) is 3.18. The molecule has 1 unspecified atom stereocenters. The molecule has 0 aliphatic carbocycles. The lowest BCUT2D eigenvalue weighted by Gasteiger charge is -2.27. The molecule has 4 rings (SSSR count). The van der Waals surface area contributed by atoms with Crippen molar-refractivity contribution in [3.05, 3.63) is 47.9 Å². The molecular weight excluding hydrogens is 427 g/mol. The number of ether oxygens (including phenoxy) is 1. The van der Waals surface area contributed by atoms with Gasteiger partial charge in [0.25, 0.3) is 5.91 Å².